The third-order valence-corrected chi connectivity index (χ3v) is 6.47. The molecule has 3 heterocycles. The van der Waals surface area contributed by atoms with Gasteiger partial charge in [0, 0.05) is 64.3 Å². The lowest BCUT2D eigenvalue weighted by atomic mass is 10.2. The topological polar surface area (TPSA) is 70.5 Å². The molecule has 7 heteroatoms. The number of piperazine rings is 1. The van der Waals surface area contributed by atoms with Crippen LogP contribution in [0.25, 0.3) is 10.9 Å². The van der Waals surface area contributed by atoms with Crippen molar-refractivity contribution >= 4 is 22.5 Å². The van der Waals surface area contributed by atoms with Crippen LogP contribution >= 0.6 is 0 Å². The number of hydrogen-bond acceptors (Lipinski definition) is 5. The van der Waals surface area contributed by atoms with Gasteiger partial charge in [0.1, 0.15) is 5.82 Å². The van der Waals surface area contributed by atoms with E-state index in [0.717, 1.165) is 64.5 Å². The summed E-state index contributed by atoms with van der Waals surface area (Å²) in [7, 11) is 0. The van der Waals surface area contributed by atoms with Crippen molar-refractivity contribution in [3.63, 3.8) is 0 Å². The quantitative estimate of drug-likeness (QED) is 0.649. The zero-order valence-electron chi connectivity index (χ0n) is 18.3. The number of fused-ring (bicyclic) bond motifs is 2. The van der Waals surface area contributed by atoms with Crippen molar-refractivity contribution < 1.29 is 4.79 Å². The first-order valence-electron chi connectivity index (χ1n) is 11.5. The molecule has 166 valence electrons. The molecule has 2 aliphatic rings. The number of anilines is 1. The SMILES string of the molecule is O=C(CCN1CCN(Cc2ccccc2)CC1)Nc1ccc2nc3n(c(=O)c2c1)CCC3. The van der Waals surface area contributed by atoms with Crippen LogP contribution in [0, 0.1) is 0 Å². The molecule has 1 N–H and O–H groups in total. The van der Waals surface area contributed by atoms with Crippen LogP contribution in [0.15, 0.2) is 53.3 Å². The van der Waals surface area contributed by atoms with Gasteiger partial charge in [0.2, 0.25) is 5.91 Å². The Morgan fingerprint density at radius 3 is 2.56 bits per heavy atom. The number of nitrogens with one attached hydrogen (secondary N) is 1. The van der Waals surface area contributed by atoms with E-state index in [2.05, 4.69) is 44.4 Å². The van der Waals surface area contributed by atoms with Gasteiger partial charge in [-0.1, -0.05) is 30.3 Å². The highest BCUT2D eigenvalue weighted by molar-refractivity contribution is 5.93. The molecule has 0 aliphatic carbocycles. The Morgan fingerprint density at radius 1 is 0.969 bits per heavy atom. The number of carbonyl (C=O) groups is 1. The van der Waals surface area contributed by atoms with Crippen molar-refractivity contribution in [2.75, 3.05) is 38.0 Å². The number of carbonyl (C=O) groups excluding carboxylic acids is 1. The van der Waals surface area contributed by atoms with Crippen LogP contribution in [0.2, 0.25) is 0 Å². The maximum Gasteiger partial charge on any atom is 0.261 e. The van der Waals surface area contributed by atoms with Crippen LogP contribution in [0.5, 0.6) is 0 Å². The van der Waals surface area contributed by atoms with Crippen molar-refractivity contribution in [1.29, 1.82) is 0 Å². The van der Waals surface area contributed by atoms with Gasteiger partial charge in [-0.25, -0.2) is 4.98 Å². The van der Waals surface area contributed by atoms with E-state index in [1.807, 2.05) is 18.2 Å². The maximum absolute atomic E-state index is 12.7. The van der Waals surface area contributed by atoms with Gasteiger partial charge in [-0.3, -0.25) is 19.1 Å². The summed E-state index contributed by atoms with van der Waals surface area (Å²) in [5.74, 6) is 0.841. The highest BCUT2D eigenvalue weighted by Crippen LogP contribution is 2.18. The summed E-state index contributed by atoms with van der Waals surface area (Å²) in [6, 6.07) is 16.0. The van der Waals surface area contributed by atoms with Crippen molar-refractivity contribution in [1.82, 2.24) is 19.4 Å². The zero-order chi connectivity index (χ0) is 21.9. The minimum Gasteiger partial charge on any atom is -0.326 e. The summed E-state index contributed by atoms with van der Waals surface area (Å²) in [5.41, 5.74) is 2.70. The fourth-order valence-corrected chi connectivity index (χ4v) is 4.66. The van der Waals surface area contributed by atoms with Crippen LogP contribution in [0.1, 0.15) is 24.2 Å². The zero-order valence-corrected chi connectivity index (χ0v) is 18.3. The predicted molar refractivity (Wildman–Crippen MR) is 126 cm³/mol. The molecule has 32 heavy (non-hydrogen) atoms. The van der Waals surface area contributed by atoms with Crippen molar-refractivity contribution in [3.05, 3.63) is 70.3 Å². The molecular weight excluding hydrogens is 402 g/mol. The molecule has 1 aromatic heterocycles. The van der Waals surface area contributed by atoms with E-state index in [4.69, 9.17) is 0 Å². The molecule has 1 amide bonds. The number of hydrogen-bond donors (Lipinski definition) is 1. The molecule has 2 aliphatic heterocycles. The first-order chi connectivity index (χ1) is 15.7. The predicted octanol–water partition coefficient (Wildman–Crippen LogP) is 2.49. The molecule has 2 aromatic carbocycles. The molecule has 0 radical (unpaired) electrons. The molecule has 1 fully saturated rings. The van der Waals surface area contributed by atoms with Gasteiger partial charge in [-0.2, -0.15) is 0 Å². The van der Waals surface area contributed by atoms with Gasteiger partial charge < -0.3 is 10.2 Å². The number of nitrogens with zero attached hydrogens (tertiary/aromatic N) is 4. The number of aromatic nitrogens is 2. The minimum atomic E-state index is -0.0229. The lowest BCUT2D eigenvalue weighted by molar-refractivity contribution is -0.116. The molecule has 7 nitrogen and oxygen atoms in total. The smallest absolute Gasteiger partial charge is 0.261 e. The van der Waals surface area contributed by atoms with E-state index in [0.29, 0.717) is 23.0 Å². The lowest BCUT2D eigenvalue weighted by Crippen LogP contribution is -2.46. The molecule has 0 unspecified atom stereocenters. The number of rotatable bonds is 6. The van der Waals surface area contributed by atoms with Crippen LogP contribution in [0.3, 0.4) is 0 Å². The first-order valence-corrected chi connectivity index (χ1v) is 11.5. The Kier molecular flexibility index (Phi) is 6.01. The summed E-state index contributed by atoms with van der Waals surface area (Å²) in [5, 5.41) is 3.53. The highest BCUT2D eigenvalue weighted by Gasteiger charge is 2.19. The Morgan fingerprint density at radius 2 is 1.75 bits per heavy atom. The molecule has 5 rings (SSSR count). The Hall–Kier alpha value is -3.03. The average Bonchev–Trinajstić information content (AvgIpc) is 3.29. The lowest BCUT2D eigenvalue weighted by Gasteiger charge is -2.34. The van der Waals surface area contributed by atoms with E-state index >= 15 is 0 Å². The van der Waals surface area contributed by atoms with Crippen LogP contribution < -0.4 is 10.9 Å². The van der Waals surface area contributed by atoms with Gasteiger partial charge >= 0.3 is 0 Å². The molecule has 0 atom stereocenters. The van der Waals surface area contributed by atoms with Crippen molar-refractivity contribution in [2.24, 2.45) is 0 Å². The van der Waals surface area contributed by atoms with Gasteiger partial charge in [0.15, 0.2) is 0 Å². The second-order valence-electron chi connectivity index (χ2n) is 8.72. The molecular formula is C25H29N5O2. The van der Waals surface area contributed by atoms with Crippen LogP contribution in [0.4, 0.5) is 5.69 Å². The third kappa shape index (κ3) is 4.59. The van der Waals surface area contributed by atoms with E-state index in [1.165, 1.54) is 5.56 Å². The fourth-order valence-electron chi connectivity index (χ4n) is 4.66. The fraction of sp³-hybridized carbons (Fsp3) is 0.400. The maximum atomic E-state index is 12.7. The number of aryl methyl sites for hydroxylation is 1. The van der Waals surface area contributed by atoms with Gasteiger partial charge in [-0.15, -0.1) is 0 Å². The third-order valence-electron chi connectivity index (χ3n) is 6.47. The Bertz CT molecular complexity index is 1170. The average molecular weight is 432 g/mol. The second-order valence-corrected chi connectivity index (χ2v) is 8.72. The van der Waals surface area contributed by atoms with E-state index in [9.17, 15) is 9.59 Å². The van der Waals surface area contributed by atoms with Gasteiger partial charge in [0.05, 0.1) is 10.9 Å². The molecule has 1 saturated heterocycles. The van der Waals surface area contributed by atoms with E-state index < -0.39 is 0 Å². The molecule has 0 saturated carbocycles. The Balaban J connectivity index is 1.12. The summed E-state index contributed by atoms with van der Waals surface area (Å²) in [6.45, 7) is 6.44. The van der Waals surface area contributed by atoms with E-state index in [1.54, 1.807) is 10.6 Å². The minimum absolute atomic E-state index is 0.00743. The summed E-state index contributed by atoms with van der Waals surface area (Å²) in [6.07, 6.45) is 2.25. The standard InChI is InChI=1S/C25H29N5O2/c31-24(10-12-28-13-15-29(16-14-28)18-19-5-2-1-3-6-19)26-20-8-9-22-21(17-20)25(32)30-11-4-7-23(30)27-22/h1-3,5-6,8-9,17H,4,7,10-16,18H2,(H,26,31). The Labute approximate surface area is 187 Å². The summed E-state index contributed by atoms with van der Waals surface area (Å²) in [4.78, 5) is 34.7. The van der Waals surface area contributed by atoms with Crippen molar-refractivity contribution in [2.45, 2.75) is 32.4 Å². The molecule has 3 aromatic rings. The molecule has 0 bridgehead atoms. The first kappa shape index (κ1) is 20.8. The van der Waals surface area contributed by atoms with E-state index in [-0.39, 0.29) is 11.5 Å². The molecule has 0 spiro atoms. The highest BCUT2D eigenvalue weighted by atomic mass is 16.1. The normalized spacial score (nSPS) is 16.9. The summed E-state index contributed by atoms with van der Waals surface area (Å²) < 4.78 is 1.76. The van der Waals surface area contributed by atoms with Gasteiger partial charge in [0.25, 0.3) is 5.56 Å². The largest absolute Gasteiger partial charge is 0.326 e. The summed E-state index contributed by atoms with van der Waals surface area (Å²) >= 11 is 0. The monoisotopic (exact) mass is 431 g/mol. The number of benzene rings is 2. The van der Waals surface area contributed by atoms with Gasteiger partial charge in [-0.05, 0) is 30.2 Å². The second kappa shape index (κ2) is 9.22. The van der Waals surface area contributed by atoms with Crippen LogP contribution in [-0.2, 0) is 24.3 Å². The number of amides is 1. The van der Waals surface area contributed by atoms with Crippen LogP contribution in [-0.4, -0.2) is 58.0 Å². The van der Waals surface area contributed by atoms with Crippen molar-refractivity contribution in [3.8, 4) is 0 Å².